The number of hydrogen-bond donors (Lipinski definition) is 1. The van der Waals surface area contributed by atoms with Gasteiger partial charge in [0.25, 0.3) is 5.88 Å². The molecule has 68 valence electrons. The maximum atomic E-state index is 5.07. The molecule has 0 aliphatic rings. The Bertz CT molecular complexity index is 255. The molecule has 1 rings (SSSR count). The normalized spacial score (nSPS) is 10.4. The highest BCUT2D eigenvalue weighted by Crippen LogP contribution is 2.21. The number of nitrogens with zero attached hydrogens (tertiary/aromatic N) is 2. The number of ether oxygens (including phenoxy) is 1. The third-order valence-corrected chi connectivity index (χ3v) is 1.43. The zero-order chi connectivity index (χ0) is 9.14. The van der Waals surface area contributed by atoms with Crippen molar-refractivity contribution in [1.82, 2.24) is 9.78 Å². The molecule has 0 atom stereocenters. The molecule has 0 saturated carbocycles. The van der Waals surface area contributed by atoms with Gasteiger partial charge in [0.1, 0.15) is 5.69 Å². The van der Waals surface area contributed by atoms with Crippen LogP contribution in [0.5, 0.6) is 5.88 Å². The van der Waals surface area contributed by atoms with Crippen LogP contribution in [-0.4, -0.2) is 22.9 Å². The number of anilines is 1. The molecule has 4 nitrogen and oxygen atoms in total. The SMILES string of the molecule is COc1nn(C)cc1NC(C)C. The van der Waals surface area contributed by atoms with E-state index in [4.69, 9.17) is 4.74 Å². The van der Waals surface area contributed by atoms with Crippen molar-refractivity contribution in [3.63, 3.8) is 0 Å². The van der Waals surface area contributed by atoms with Gasteiger partial charge in [-0.25, -0.2) is 0 Å². The van der Waals surface area contributed by atoms with E-state index in [2.05, 4.69) is 24.3 Å². The van der Waals surface area contributed by atoms with Crippen LogP contribution in [0, 0.1) is 0 Å². The standard InChI is InChI=1S/C8H15N3O/c1-6(2)9-7-5-11(3)10-8(7)12-4/h5-6,9H,1-4H3. The van der Waals surface area contributed by atoms with Crippen LogP contribution in [0.15, 0.2) is 6.20 Å². The molecule has 0 aliphatic heterocycles. The highest BCUT2D eigenvalue weighted by molar-refractivity contribution is 5.51. The topological polar surface area (TPSA) is 39.1 Å². The van der Waals surface area contributed by atoms with Crippen molar-refractivity contribution in [2.75, 3.05) is 12.4 Å². The fourth-order valence-electron chi connectivity index (χ4n) is 1.03. The summed E-state index contributed by atoms with van der Waals surface area (Å²) in [7, 11) is 3.49. The maximum Gasteiger partial charge on any atom is 0.256 e. The van der Waals surface area contributed by atoms with Gasteiger partial charge in [-0.2, -0.15) is 0 Å². The first-order valence-electron chi connectivity index (χ1n) is 3.97. The molecule has 1 aromatic rings. The fraction of sp³-hybridized carbons (Fsp3) is 0.625. The van der Waals surface area contributed by atoms with E-state index in [1.54, 1.807) is 11.8 Å². The van der Waals surface area contributed by atoms with Gasteiger partial charge in [-0.1, -0.05) is 0 Å². The second-order valence-corrected chi connectivity index (χ2v) is 3.02. The molecule has 1 N–H and O–H groups in total. The lowest BCUT2D eigenvalue weighted by Gasteiger charge is -2.07. The molecule has 1 aromatic heterocycles. The molecule has 0 aromatic carbocycles. The molecule has 0 fully saturated rings. The summed E-state index contributed by atoms with van der Waals surface area (Å²) < 4.78 is 6.80. The third-order valence-electron chi connectivity index (χ3n) is 1.43. The molecule has 0 radical (unpaired) electrons. The summed E-state index contributed by atoms with van der Waals surface area (Å²) in [5, 5.41) is 7.35. The van der Waals surface area contributed by atoms with Crippen molar-refractivity contribution in [1.29, 1.82) is 0 Å². The minimum Gasteiger partial charge on any atom is -0.478 e. The summed E-state index contributed by atoms with van der Waals surface area (Å²) in [6.07, 6.45) is 1.90. The van der Waals surface area contributed by atoms with Gasteiger partial charge in [-0.05, 0) is 13.8 Å². The van der Waals surface area contributed by atoms with E-state index >= 15 is 0 Å². The number of rotatable bonds is 3. The lowest BCUT2D eigenvalue weighted by atomic mass is 10.4. The predicted molar refractivity (Wildman–Crippen MR) is 48.5 cm³/mol. The number of aromatic nitrogens is 2. The number of aryl methyl sites for hydroxylation is 1. The number of hydrogen-bond acceptors (Lipinski definition) is 3. The summed E-state index contributed by atoms with van der Waals surface area (Å²) in [4.78, 5) is 0. The van der Waals surface area contributed by atoms with Gasteiger partial charge in [0.05, 0.1) is 13.3 Å². The van der Waals surface area contributed by atoms with Crippen LogP contribution in [0.25, 0.3) is 0 Å². The molecular formula is C8H15N3O. The molecule has 0 aliphatic carbocycles. The Morgan fingerprint density at radius 2 is 2.25 bits per heavy atom. The lowest BCUT2D eigenvalue weighted by molar-refractivity contribution is 0.393. The molecule has 0 unspecified atom stereocenters. The number of methoxy groups -OCH3 is 1. The average molecular weight is 169 g/mol. The highest BCUT2D eigenvalue weighted by atomic mass is 16.5. The summed E-state index contributed by atoms with van der Waals surface area (Å²) in [5.41, 5.74) is 0.940. The third kappa shape index (κ3) is 1.90. The van der Waals surface area contributed by atoms with Crippen molar-refractivity contribution in [2.24, 2.45) is 7.05 Å². The van der Waals surface area contributed by atoms with Crippen LogP contribution in [0.3, 0.4) is 0 Å². The molecule has 4 heteroatoms. The summed E-state index contributed by atoms with van der Waals surface area (Å²) in [6.45, 7) is 4.15. The summed E-state index contributed by atoms with van der Waals surface area (Å²) >= 11 is 0. The monoisotopic (exact) mass is 169 g/mol. The van der Waals surface area contributed by atoms with E-state index in [0.717, 1.165) is 5.69 Å². The van der Waals surface area contributed by atoms with E-state index in [0.29, 0.717) is 11.9 Å². The Morgan fingerprint density at radius 1 is 1.58 bits per heavy atom. The molecule has 0 bridgehead atoms. The van der Waals surface area contributed by atoms with Crippen LogP contribution in [0.1, 0.15) is 13.8 Å². The van der Waals surface area contributed by atoms with Crippen molar-refractivity contribution in [2.45, 2.75) is 19.9 Å². The Balaban J connectivity index is 2.81. The first-order valence-corrected chi connectivity index (χ1v) is 3.97. The van der Waals surface area contributed by atoms with Gasteiger partial charge in [-0.15, -0.1) is 5.10 Å². The van der Waals surface area contributed by atoms with Crippen LogP contribution < -0.4 is 10.1 Å². The summed E-state index contributed by atoms with van der Waals surface area (Å²) in [5.74, 6) is 0.645. The molecule has 0 amide bonds. The Morgan fingerprint density at radius 3 is 2.75 bits per heavy atom. The van der Waals surface area contributed by atoms with E-state index < -0.39 is 0 Å². The van der Waals surface area contributed by atoms with Crippen LogP contribution in [0.4, 0.5) is 5.69 Å². The summed E-state index contributed by atoms with van der Waals surface area (Å²) in [6, 6.07) is 0.392. The van der Waals surface area contributed by atoms with Gasteiger partial charge in [0.15, 0.2) is 0 Å². The smallest absolute Gasteiger partial charge is 0.256 e. The quantitative estimate of drug-likeness (QED) is 0.740. The highest BCUT2D eigenvalue weighted by Gasteiger charge is 2.07. The second kappa shape index (κ2) is 3.47. The lowest BCUT2D eigenvalue weighted by Crippen LogP contribution is -2.09. The van der Waals surface area contributed by atoms with E-state index in [1.807, 2.05) is 13.2 Å². The van der Waals surface area contributed by atoms with Crippen molar-refractivity contribution >= 4 is 5.69 Å². The fourth-order valence-corrected chi connectivity index (χ4v) is 1.03. The van der Waals surface area contributed by atoms with E-state index in [9.17, 15) is 0 Å². The largest absolute Gasteiger partial charge is 0.478 e. The first-order chi connectivity index (χ1) is 5.63. The van der Waals surface area contributed by atoms with Crippen molar-refractivity contribution in [3.05, 3.63) is 6.20 Å². The Hall–Kier alpha value is -1.19. The zero-order valence-electron chi connectivity index (χ0n) is 7.96. The van der Waals surface area contributed by atoms with E-state index in [1.165, 1.54) is 0 Å². The van der Waals surface area contributed by atoms with Crippen LogP contribution in [-0.2, 0) is 7.05 Å². The molecule has 0 saturated heterocycles. The van der Waals surface area contributed by atoms with Gasteiger partial charge < -0.3 is 10.1 Å². The zero-order valence-corrected chi connectivity index (χ0v) is 7.96. The Labute approximate surface area is 72.5 Å². The van der Waals surface area contributed by atoms with Crippen molar-refractivity contribution in [3.8, 4) is 5.88 Å². The molecule has 12 heavy (non-hydrogen) atoms. The molecule has 1 heterocycles. The number of nitrogens with one attached hydrogen (secondary N) is 1. The van der Waals surface area contributed by atoms with Crippen LogP contribution >= 0.6 is 0 Å². The maximum absolute atomic E-state index is 5.07. The van der Waals surface area contributed by atoms with Gasteiger partial charge in [-0.3, -0.25) is 4.68 Å². The average Bonchev–Trinajstić information content (AvgIpc) is 2.29. The van der Waals surface area contributed by atoms with Gasteiger partial charge >= 0.3 is 0 Å². The van der Waals surface area contributed by atoms with Gasteiger partial charge in [0, 0.05) is 13.1 Å². The van der Waals surface area contributed by atoms with Gasteiger partial charge in [0.2, 0.25) is 0 Å². The Kier molecular flexibility index (Phi) is 2.58. The van der Waals surface area contributed by atoms with Crippen molar-refractivity contribution < 1.29 is 4.74 Å². The van der Waals surface area contributed by atoms with E-state index in [-0.39, 0.29) is 0 Å². The molecule has 0 spiro atoms. The molecular weight excluding hydrogens is 154 g/mol. The van der Waals surface area contributed by atoms with Crippen LogP contribution in [0.2, 0.25) is 0 Å². The predicted octanol–water partition coefficient (Wildman–Crippen LogP) is 1.25. The second-order valence-electron chi connectivity index (χ2n) is 3.02. The minimum atomic E-state index is 0.392. The minimum absolute atomic E-state index is 0.392. The first kappa shape index (κ1) is 8.90.